The number of hydrogen-bond donors (Lipinski definition) is 4. The zero-order valence-corrected chi connectivity index (χ0v) is 25.8. The van der Waals surface area contributed by atoms with E-state index in [1.54, 1.807) is 25.2 Å². The molecule has 0 radical (unpaired) electrons. The Balaban J connectivity index is 1.38. The van der Waals surface area contributed by atoms with Gasteiger partial charge in [-0.2, -0.15) is 9.97 Å². The molecule has 2 aromatic heterocycles. The fourth-order valence-corrected chi connectivity index (χ4v) is 7.19. The fraction of sp³-hybridized carbons (Fsp3) is 0.314. The lowest BCUT2D eigenvalue weighted by Gasteiger charge is -2.31. The Bertz CT molecular complexity index is 1990. The van der Waals surface area contributed by atoms with Gasteiger partial charge in [0.2, 0.25) is 0 Å². The van der Waals surface area contributed by atoms with Gasteiger partial charge < -0.3 is 25.9 Å². The number of aromatic nitrogens is 3. The van der Waals surface area contributed by atoms with Crippen molar-refractivity contribution in [1.29, 1.82) is 5.41 Å². The summed E-state index contributed by atoms with van der Waals surface area (Å²) in [7, 11) is 1.77. The lowest BCUT2D eigenvalue weighted by molar-refractivity contribution is 0.108. The molecule has 0 aliphatic carbocycles. The largest absolute Gasteiger partial charge is 0.508 e. The molecule has 2 fully saturated rings. The van der Waals surface area contributed by atoms with E-state index in [1.807, 2.05) is 13.0 Å². The number of anilines is 3. The summed E-state index contributed by atoms with van der Waals surface area (Å²) < 4.78 is 38.0. The molecule has 236 valence electrons. The van der Waals surface area contributed by atoms with Crippen molar-refractivity contribution >= 4 is 45.1 Å². The molecule has 46 heavy (non-hydrogen) atoms. The maximum absolute atomic E-state index is 16.8. The number of ether oxygens (including phenoxy) is 1. The summed E-state index contributed by atoms with van der Waals surface area (Å²) in [6.07, 6.45) is 7.39. The molecule has 4 heterocycles. The van der Waals surface area contributed by atoms with Crippen LogP contribution in [0.25, 0.3) is 32.9 Å². The van der Waals surface area contributed by atoms with Crippen molar-refractivity contribution in [1.82, 2.24) is 19.9 Å². The van der Waals surface area contributed by atoms with Crippen LogP contribution in [-0.2, 0) is 6.42 Å². The molecule has 0 amide bonds. The lowest BCUT2D eigenvalue weighted by Crippen LogP contribution is -2.43. The molecule has 0 atom stereocenters. The highest BCUT2D eigenvalue weighted by atomic mass is 19.1. The molecule has 2 aliphatic heterocycles. The highest BCUT2D eigenvalue weighted by Crippen LogP contribution is 2.41. The number of hydrogen-bond acceptors (Lipinski definition) is 9. The van der Waals surface area contributed by atoms with Gasteiger partial charge in [-0.1, -0.05) is 13.0 Å². The molecule has 0 bridgehead atoms. The Morgan fingerprint density at radius 1 is 1.09 bits per heavy atom. The van der Waals surface area contributed by atoms with Crippen molar-refractivity contribution in [3.63, 3.8) is 0 Å². The molecular weight excluding hydrogens is 588 g/mol. The van der Waals surface area contributed by atoms with E-state index < -0.39 is 11.6 Å². The molecule has 0 unspecified atom stereocenters. The minimum atomic E-state index is -0.734. The van der Waals surface area contributed by atoms with Gasteiger partial charge in [0.1, 0.15) is 35.2 Å². The zero-order chi connectivity index (χ0) is 32.0. The number of nitrogens with one attached hydrogen (secondary N) is 3. The summed E-state index contributed by atoms with van der Waals surface area (Å²) in [5.74, 6) is -0.925. The van der Waals surface area contributed by atoms with Gasteiger partial charge in [-0.05, 0) is 97.9 Å². The summed E-state index contributed by atoms with van der Waals surface area (Å²) in [5, 5.41) is 26.0. The standard InChI is InChI=1S/C35H35F2N7O2/c1-3-24-27(36)9-7-20-14-23(45)16-25(29(20)24)31-30(37)32-26(18-40-31)33(41-22-8-6-21(17-38)28(15-22)39-2)43-34(42-32)46-19-35-10-4-12-44(35)13-5-11-35/h6-9,14-18,38-39,45H,3-5,10-13,19H2,1-2H3,(H,41,42,43). The average Bonchev–Trinajstić information content (AvgIpc) is 3.65. The second-order valence-corrected chi connectivity index (χ2v) is 12.0. The van der Waals surface area contributed by atoms with Gasteiger partial charge in [-0.3, -0.25) is 9.88 Å². The number of pyridine rings is 1. The van der Waals surface area contributed by atoms with Crippen LogP contribution in [0.4, 0.5) is 26.0 Å². The van der Waals surface area contributed by atoms with Gasteiger partial charge in [-0.15, -0.1) is 0 Å². The second-order valence-electron chi connectivity index (χ2n) is 12.0. The van der Waals surface area contributed by atoms with Crippen LogP contribution in [0.15, 0.2) is 48.7 Å². The van der Waals surface area contributed by atoms with E-state index in [1.165, 1.54) is 30.6 Å². The van der Waals surface area contributed by atoms with Crippen molar-refractivity contribution < 1.29 is 18.6 Å². The van der Waals surface area contributed by atoms with Crippen LogP contribution in [0.5, 0.6) is 11.8 Å². The Kier molecular flexibility index (Phi) is 7.64. The number of halogens is 2. The summed E-state index contributed by atoms with van der Waals surface area (Å²) in [6, 6.07) is 11.3. The smallest absolute Gasteiger partial charge is 0.319 e. The van der Waals surface area contributed by atoms with Gasteiger partial charge >= 0.3 is 6.01 Å². The lowest BCUT2D eigenvalue weighted by atomic mass is 9.94. The normalized spacial score (nSPS) is 15.7. The van der Waals surface area contributed by atoms with Crippen molar-refractivity contribution in [3.05, 3.63) is 71.4 Å². The van der Waals surface area contributed by atoms with Crippen LogP contribution in [0.2, 0.25) is 0 Å². The first-order valence-corrected chi connectivity index (χ1v) is 15.6. The first-order valence-electron chi connectivity index (χ1n) is 15.6. The van der Waals surface area contributed by atoms with E-state index in [0.29, 0.717) is 51.8 Å². The SMILES string of the molecule is CCc1c(F)ccc2cc(O)cc(-c3ncc4c(Nc5ccc(C=N)c(NC)c5)nc(OCC56CCCN5CCC6)nc4c3F)c12. The van der Waals surface area contributed by atoms with Crippen LogP contribution < -0.4 is 15.4 Å². The molecule has 11 heteroatoms. The molecular formula is C35H35F2N7O2. The van der Waals surface area contributed by atoms with E-state index in [2.05, 4.69) is 30.5 Å². The molecule has 0 saturated carbocycles. The number of nitrogens with zero attached hydrogens (tertiary/aromatic N) is 4. The number of rotatable bonds is 9. The van der Waals surface area contributed by atoms with Crippen LogP contribution in [0.3, 0.4) is 0 Å². The fourth-order valence-electron chi connectivity index (χ4n) is 7.19. The number of benzene rings is 3. The number of aromatic hydroxyl groups is 1. The number of aryl methyl sites for hydroxylation is 1. The number of phenols is 1. The van der Waals surface area contributed by atoms with Crippen LogP contribution in [0.1, 0.15) is 43.7 Å². The highest BCUT2D eigenvalue weighted by molar-refractivity contribution is 6.02. The van der Waals surface area contributed by atoms with E-state index in [-0.39, 0.29) is 34.1 Å². The van der Waals surface area contributed by atoms with Gasteiger partial charge in [0.05, 0.1) is 10.9 Å². The summed E-state index contributed by atoms with van der Waals surface area (Å²) in [6.45, 7) is 4.30. The van der Waals surface area contributed by atoms with E-state index in [4.69, 9.17) is 10.1 Å². The van der Waals surface area contributed by atoms with Crippen molar-refractivity contribution in [3.8, 4) is 23.0 Å². The molecule has 4 N–H and O–H groups in total. The Labute approximate surface area is 265 Å². The number of phenolic OH excluding ortho intramolecular Hbond substituents is 1. The Morgan fingerprint density at radius 2 is 1.89 bits per heavy atom. The Morgan fingerprint density at radius 3 is 2.63 bits per heavy atom. The minimum Gasteiger partial charge on any atom is -0.508 e. The zero-order valence-electron chi connectivity index (χ0n) is 25.8. The molecule has 0 spiro atoms. The summed E-state index contributed by atoms with van der Waals surface area (Å²) >= 11 is 0. The van der Waals surface area contributed by atoms with Gasteiger partial charge in [0.15, 0.2) is 5.82 Å². The van der Waals surface area contributed by atoms with Gasteiger partial charge in [0.25, 0.3) is 0 Å². The quantitative estimate of drug-likeness (QED) is 0.128. The van der Waals surface area contributed by atoms with Gasteiger partial charge in [-0.25, -0.2) is 8.78 Å². The van der Waals surface area contributed by atoms with E-state index in [0.717, 1.165) is 44.5 Å². The minimum absolute atomic E-state index is 0.0133. The summed E-state index contributed by atoms with van der Waals surface area (Å²) in [4.78, 5) is 16.2. The maximum atomic E-state index is 16.8. The molecule has 9 nitrogen and oxygen atoms in total. The van der Waals surface area contributed by atoms with Crippen LogP contribution in [0, 0.1) is 17.0 Å². The molecule has 2 aliphatic rings. The van der Waals surface area contributed by atoms with Crippen molar-refractivity contribution in [2.24, 2.45) is 0 Å². The van der Waals surface area contributed by atoms with E-state index in [9.17, 15) is 9.50 Å². The van der Waals surface area contributed by atoms with Crippen molar-refractivity contribution in [2.45, 2.75) is 44.6 Å². The Hall–Kier alpha value is -4.90. The monoisotopic (exact) mass is 623 g/mol. The molecule has 2 saturated heterocycles. The maximum Gasteiger partial charge on any atom is 0.319 e. The third-order valence-electron chi connectivity index (χ3n) is 9.45. The van der Waals surface area contributed by atoms with Gasteiger partial charge in [0, 0.05) is 42.0 Å². The predicted octanol–water partition coefficient (Wildman–Crippen LogP) is 7.18. The number of fused-ring (bicyclic) bond motifs is 3. The predicted molar refractivity (Wildman–Crippen MR) is 177 cm³/mol. The average molecular weight is 624 g/mol. The second kappa shape index (κ2) is 11.8. The highest BCUT2D eigenvalue weighted by Gasteiger charge is 2.45. The molecule has 3 aromatic carbocycles. The van der Waals surface area contributed by atoms with Crippen LogP contribution in [-0.4, -0.2) is 63.5 Å². The van der Waals surface area contributed by atoms with Crippen LogP contribution >= 0.6 is 0 Å². The first-order chi connectivity index (χ1) is 22.3. The van der Waals surface area contributed by atoms with E-state index >= 15 is 4.39 Å². The third-order valence-corrected chi connectivity index (χ3v) is 9.45. The molecule has 7 rings (SSSR count). The van der Waals surface area contributed by atoms with Crippen molar-refractivity contribution in [2.75, 3.05) is 37.4 Å². The molecule has 5 aromatic rings. The first kappa shape index (κ1) is 29.8. The summed E-state index contributed by atoms with van der Waals surface area (Å²) in [5.41, 5.74) is 2.64. The third kappa shape index (κ3) is 5.04. The topological polar surface area (TPSA) is 119 Å².